The van der Waals surface area contributed by atoms with Crippen LogP contribution in [0.15, 0.2) is 87.7 Å². The van der Waals surface area contributed by atoms with Crippen molar-refractivity contribution in [3.8, 4) is 28.5 Å². The van der Waals surface area contributed by atoms with Gasteiger partial charge in [0.25, 0.3) is 5.91 Å². The van der Waals surface area contributed by atoms with Gasteiger partial charge in [0, 0.05) is 21.8 Å². The van der Waals surface area contributed by atoms with Crippen molar-refractivity contribution in [2.45, 2.75) is 0 Å². The number of anilines is 1. The van der Waals surface area contributed by atoms with Crippen LogP contribution in [-0.2, 0) is 0 Å². The molecule has 5 rings (SSSR count). The summed E-state index contributed by atoms with van der Waals surface area (Å²) < 4.78 is 16.8. The minimum absolute atomic E-state index is 0.201. The molecule has 0 radical (unpaired) electrons. The first-order valence-electron chi connectivity index (χ1n) is 9.81. The molecule has 6 nitrogen and oxygen atoms in total. The predicted octanol–water partition coefficient (Wildman–Crippen LogP) is 6.67. The second-order valence-corrected chi connectivity index (χ2v) is 7.49. The number of aromatic nitrogens is 1. The molecule has 32 heavy (non-hydrogen) atoms. The van der Waals surface area contributed by atoms with Crippen LogP contribution in [0.25, 0.3) is 33.9 Å². The van der Waals surface area contributed by atoms with Gasteiger partial charge in [0.2, 0.25) is 5.89 Å². The molecule has 1 N–H and O–H groups in total. The summed E-state index contributed by atoms with van der Waals surface area (Å²) in [5.74, 6) is 1.62. The van der Waals surface area contributed by atoms with Crippen molar-refractivity contribution in [1.82, 2.24) is 4.98 Å². The number of carbonyl (C=O) groups is 1. The molecule has 0 bridgehead atoms. The summed E-state index contributed by atoms with van der Waals surface area (Å²) in [6.45, 7) is 0. The van der Waals surface area contributed by atoms with E-state index in [4.69, 9.17) is 25.2 Å². The predicted molar refractivity (Wildman–Crippen MR) is 123 cm³/mol. The summed E-state index contributed by atoms with van der Waals surface area (Å²) in [6, 6.07) is 23.3. The number of oxazole rings is 1. The number of fused-ring (bicyclic) bond motifs is 1. The zero-order chi connectivity index (χ0) is 22.1. The molecule has 0 spiro atoms. The Labute approximate surface area is 188 Å². The number of furan rings is 1. The van der Waals surface area contributed by atoms with Crippen LogP contribution >= 0.6 is 11.6 Å². The normalized spacial score (nSPS) is 10.9. The van der Waals surface area contributed by atoms with Gasteiger partial charge in [-0.25, -0.2) is 4.98 Å². The quantitative estimate of drug-likeness (QED) is 0.327. The number of nitrogens with zero attached hydrogens (tertiary/aromatic N) is 1. The van der Waals surface area contributed by atoms with Crippen molar-refractivity contribution in [1.29, 1.82) is 0 Å². The van der Waals surface area contributed by atoms with Crippen molar-refractivity contribution in [3.05, 3.63) is 89.6 Å². The highest BCUT2D eigenvalue weighted by molar-refractivity contribution is 6.30. The Morgan fingerprint density at radius 1 is 0.938 bits per heavy atom. The van der Waals surface area contributed by atoms with Crippen LogP contribution in [0.5, 0.6) is 5.75 Å². The van der Waals surface area contributed by atoms with E-state index in [9.17, 15) is 4.79 Å². The van der Waals surface area contributed by atoms with Crippen molar-refractivity contribution >= 4 is 34.3 Å². The monoisotopic (exact) mass is 444 g/mol. The maximum absolute atomic E-state index is 12.7. The first-order valence-corrected chi connectivity index (χ1v) is 10.2. The van der Waals surface area contributed by atoms with Gasteiger partial charge in [-0.2, -0.15) is 0 Å². The molecule has 0 unspecified atom stereocenters. The number of benzene rings is 3. The number of methoxy groups -OCH3 is 1. The highest BCUT2D eigenvalue weighted by Crippen LogP contribution is 2.29. The summed E-state index contributed by atoms with van der Waals surface area (Å²) in [7, 11) is 1.61. The fourth-order valence-corrected chi connectivity index (χ4v) is 3.43. The molecule has 0 fully saturated rings. The molecule has 1 amide bonds. The molecule has 0 saturated carbocycles. The summed E-state index contributed by atoms with van der Waals surface area (Å²) in [4.78, 5) is 17.2. The molecule has 0 aliphatic heterocycles. The van der Waals surface area contributed by atoms with Crippen molar-refractivity contribution in [2.24, 2.45) is 0 Å². The van der Waals surface area contributed by atoms with E-state index in [1.807, 2.05) is 36.4 Å². The smallest absolute Gasteiger partial charge is 0.291 e. The lowest BCUT2D eigenvalue weighted by Crippen LogP contribution is -2.10. The summed E-state index contributed by atoms with van der Waals surface area (Å²) in [6.07, 6.45) is 0. The molecule has 0 aliphatic rings. The Kier molecular flexibility index (Phi) is 5.13. The number of hydrogen-bond donors (Lipinski definition) is 1. The third-order valence-corrected chi connectivity index (χ3v) is 5.17. The van der Waals surface area contributed by atoms with E-state index >= 15 is 0 Å². The largest absolute Gasteiger partial charge is 0.497 e. The zero-order valence-electron chi connectivity index (χ0n) is 17.0. The fourth-order valence-electron chi connectivity index (χ4n) is 3.31. The van der Waals surface area contributed by atoms with Gasteiger partial charge in [0.05, 0.1) is 7.11 Å². The molecule has 0 saturated heterocycles. The van der Waals surface area contributed by atoms with Crippen LogP contribution < -0.4 is 10.1 Å². The first kappa shape index (κ1) is 19.9. The Bertz CT molecular complexity index is 1420. The molecule has 7 heteroatoms. The van der Waals surface area contributed by atoms with E-state index in [1.54, 1.807) is 49.6 Å². The fraction of sp³-hybridized carbons (Fsp3) is 0.0400. The summed E-state index contributed by atoms with van der Waals surface area (Å²) in [5.41, 5.74) is 3.46. The minimum Gasteiger partial charge on any atom is -0.497 e. The zero-order valence-corrected chi connectivity index (χ0v) is 17.7. The highest BCUT2D eigenvalue weighted by atomic mass is 35.5. The number of rotatable bonds is 5. The Morgan fingerprint density at radius 3 is 2.59 bits per heavy atom. The van der Waals surface area contributed by atoms with E-state index in [0.717, 1.165) is 11.1 Å². The topological polar surface area (TPSA) is 77.5 Å². The standard InChI is InChI=1S/C25H17ClN2O4/c1-30-19-4-2-3-16(13-19)25-28-20-14-18(9-10-22(20)32-25)27-24(29)23-12-11-21(31-23)15-5-7-17(26)8-6-15/h2-14H,1H3,(H,27,29). The van der Waals surface area contributed by atoms with Gasteiger partial charge in [0.1, 0.15) is 17.0 Å². The number of halogens is 1. The Balaban J connectivity index is 1.36. The molecule has 158 valence electrons. The van der Waals surface area contributed by atoms with Crippen LogP contribution in [0, 0.1) is 0 Å². The van der Waals surface area contributed by atoms with Gasteiger partial charge in [0.15, 0.2) is 11.3 Å². The van der Waals surface area contributed by atoms with Crippen LogP contribution in [-0.4, -0.2) is 18.0 Å². The van der Waals surface area contributed by atoms with Crippen LogP contribution in [0.4, 0.5) is 5.69 Å². The van der Waals surface area contributed by atoms with Gasteiger partial charge >= 0.3 is 0 Å². The number of carbonyl (C=O) groups excluding carboxylic acids is 1. The maximum Gasteiger partial charge on any atom is 0.291 e. The molecule has 0 aliphatic carbocycles. The van der Waals surface area contributed by atoms with Gasteiger partial charge < -0.3 is 18.9 Å². The lowest BCUT2D eigenvalue weighted by molar-refractivity contribution is 0.0997. The first-order chi connectivity index (χ1) is 15.6. The number of nitrogens with one attached hydrogen (secondary N) is 1. The van der Waals surface area contributed by atoms with Gasteiger partial charge in [-0.1, -0.05) is 17.7 Å². The van der Waals surface area contributed by atoms with E-state index in [2.05, 4.69) is 10.3 Å². The molecule has 0 atom stereocenters. The maximum atomic E-state index is 12.7. The molecule has 5 aromatic rings. The average molecular weight is 445 g/mol. The van der Waals surface area contributed by atoms with Crippen LogP contribution in [0.1, 0.15) is 10.6 Å². The third kappa shape index (κ3) is 3.96. The molecular weight excluding hydrogens is 428 g/mol. The molecule has 2 aromatic heterocycles. The third-order valence-electron chi connectivity index (χ3n) is 4.92. The minimum atomic E-state index is -0.360. The van der Waals surface area contributed by atoms with E-state index in [-0.39, 0.29) is 11.7 Å². The Morgan fingerprint density at radius 2 is 1.78 bits per heavy atom. The summed E-state index contributed by atoms with van der Waals surface area (Å²) >= 11 is 5.92. The SMILES string of the molecule is COc1cccc(-c2nc3cc(NC(=O)c4ccc(-c5ccc(Cl)cc5)o4)ccc3o2)c1. The van der Waals surface area contributed by atoms with Gasteiger partial charge in [-0.3, -0.25) is 4.79 Å². The van der Waals surface area contributed by atoms with E-state index in [1.165, 1.54) is 0 Å². The van der Waals surface area contributed by atoms with Crippen LogP contribution in [0.3, 0.4) is 0 Å². The van der Waals surface area contributed by atoms with Crippen molar-refractivity contribution in [3.63, 3.8) is 0 Å². The van der Waals surface area contributed by atoms with Crippen molar-refractivity contribution < 1.29 is 18.4 Å². The molecule has 2 heterocycles. The average Bonchev–Trinajstić information content (AvgIpc) is 3.47. The van der Waals surface area contributed by atoms with Gasteiger partial charge in [-0.05, 0) is 72.8 Å². The number of hydrogen-bond acceptors (Lipinski definition) is 5. The second kappa shape index (κ2) is 8.24. The van der Waals surface area contributed by atoms with Gasteiger partial charge in [-0.15, -0.1) is 0 Å². The lowest BCUT2D eigenvalue weighted by atomic mass is 10.2. The lowest BCUT2D eigenvalue weighted by Gasteiger charge is -2.02. The van der Waals surface area contributed by atoms with Crippen LogP contribution in [0.2, 0.25) is 5.02 Å². The number of amides is 1. The van der Waals surface area contributed by atoms with Crippen molar-refractivity contribution in [2.75, 3.05) is 12.4 Å². The molecule has 3 aromatic carbocycles. The number of ether oxygens (including phenoxy) is 1. The van der Waals surface area contributed by atoms with E-state index in [0.29, 0.717) is 39.2 Å². The second-order valence-electron chi connectivity index (χ2n) is 7.06. The Hall–Kier alpha value is -4.03. The summed E-state index contributed by atoms with van der Waals surface area (Å²) in [5, 5.41) is 3.47. The highest BCUT2D eigenvalue weighted by Gasteiger charge is 2.14. The van der Waals surface area contributed by atoms with E-state index < -0.39 is 0 Å². The molecular formula is C25H17ClN2O4.